The number of amides is 4. The maximum absolute atomic E-state index is 12.9. The van der Waals surface area contributed by atoms with Gasteiger partial charge in [0.2, 0.25) is 5.91 Å². The molecule has 10 heteroatoms. The van der Waals surface area contributed by atoms with Crippen molar-refractivity contribution in [3.05, 3.63) is 58.5 Å². The highest BCUT2D eigenvalue weighted by Gasteiger charge is 2.52. The molecule has 27 heavy (non-hydrogen) atoms. The molecule has 3 rings (SSSR count). The van der Waals surface area contributed by atoms with Gasteiger partial charge in [-0.2, -0.15) is 5.01 Å². The average Bonchev–Trinajstić information content (AvgIpc) is 2.92. The van der Waals surface area contributed by atoms with Crippen LogP contribution in [0.1, 0.15) is 18.9 Å². The van der Waals surface area contributed by atoms with Crippen molar-refractivity contribution in [2.24, 2.45) is 0 Å². The highest BCUT2D eigenvalue weighted by molar-refractivity contribution is 7.99. The molecule has 1 atom stereocenters. The van der Waals surface area contributed by atoms with E-state index in [1.165, 1.54) is 12.3 Å². The molecular formula is C17H17N5O4S. The SMILES string of the molecule is CC[C@@]1(c2ccccc2)NC(=O)N(NC(=O)CSc2nccc(=O)[nH]2)C1=O. The van der Waals surface area contributed by atoms with Crippen molar-refractivity contribution in [1.82, 2.24) is 25.7 Å². The fraction of sp³-hybridized carbons (Fsp3) is 0.235. The van der Waals surface area contributed by atoms with E-state index in [2.05, 4.69) is 20.7 Å². The summed E-state index contributed by atoms with van der Waals surface area (Å²) in [5.74, 6) is -1.25. The number of H-pyrrole nitrogens is 1. The zero-order valence-corrected chi connectivity index (χ0v) is 15.2. The normalized spacial score (nSPS) is 19.1. The molecular weight excluding hydrogens is 370 g/mol. The molecule has 1 saturated heterocycles. The fourth-order valence-corrected chi connectivity index (χ4v) is 3.40. The number of carbonyl (C=O) groups is 3. The van der Waals surface area contributed by atoms with E-state index in [-0.39, 0.29) is 16.5 Å². The Morgan fingerprint density at radius 1 is 1.22 bits per heavy atom. The fourth-order valence-electron chi connectivity index (χ4n) is 2.75. The number of carbonyl (C=O) groups excluding carboxylic acids is 3. The van der Waals surface area contributed by atoms with E-state index in [9.17, 15) is 19.2 Å². The maximum Gasteiger partial charge on any atom is 0.344 e. The number of imide groups is 1. The lowest BCUT2D eigenvalue weighted by atomic mass is 9.87. The molecule has 0 bridgehead atoms. The number of urea groups is 1. The third-order valence-electron chi connectivity index (χ3n) is 4.11. The van der Waals surface area contributed by atoms with Crippen LogP contribution in [-0.2, 0) is 15.1 Å². The molecule has 0 aliphatic carbocycles. The first-order chi connectivity index (χ1) is 13.0. The number of hydrogen-bond donors (Lipinski definition) is 3. The molecule has 2 aromatic rings. The number of benzene rings is 1. The summed E-state index contributed by atoms with van der Waals surface area (Å²) in [6.45, 7) is 1.78. The van der Waals surface area contributed by atoms with Gasteiger partial charge in [-0.1, -0.05) is 49.0 Å². The van der Waals surface area contributed by atoms with Gasteiger partial charge in [-0.15, -0.1) is 0 Å². The summed E-state index contributed by atoms with van der Waals surface area (Å²) in [4.78, 5) is 55.0. The van der Waals surface area contributed by atoms with Crippen LogP contribution in [0.15, 0.2) is 52.5 Å². The first-order valence-electron chi connectivity index (χ1n) is 8.16. The number of rotatable bonds is 6. The first kappa shape index (κ1) is 18.6. The number of nitrogens with zero attached hydrogens (tertiary/aromatic N) is 2. The Labute approximate surface area is 158 Å². The third-order valence-corrected chi connectivity index (χ3v) is 5.00. The largest absolute Gasteiger partial charge is 0.344 e. The minimum atomic E-state index is -1.22. The lowest BCUT2D eigenvalue weighted by Gasteiger charge is -2.25. The van der Waals surface area contributed by atoms with Crippen LogP contribution in [0.5, 0.6) is 0 Å². The van der Waals surface area contributed by atoms with Crippen molar-refractivity contribution in [2.75, 3.05) is 5.75 Å². The second-order valence-electron chi connectivity index (χ2n) is 5.76. The Balaban J connectivity index is 1.70. The van der Waals surface area contributed by atoms with Gasteiger partial charge in [-0.25, -0.2) is 9.78 Å². The minimum Gasteiger partial charge on any atom is -0.318 e. The molecule has 1 aliphatic heterocycles. The molecule has 140 valence electrons. The second kappa shape index (κ2) is 7.62. The Kier molecular flexibility index (Phi) is 5.26. The molecule has 0 spiro atoms. The summed E-state index contributed by atoms with van der Waals surface area (Å²) in [5, 5.41) is 3.64. The van der Waals surface area contributed by atoms with E-state index in [1.807, 2.05) is 6.07 Å². The maximum atomic E-state index is 12.9. The monoisotopic (exact) mass is 387 g/mol. The van der Waals surface area contributed by atoms with Gasteiger partial charge in [-0.05, 0) is 12.0 Å². The van der Waals surface area contributed by atoms with Crippen LogP contribution in [0.25, 0.3) is 0 Å². The summed E-state index contributed by atoms with van der Waals surface area (Å²) < 4.78 is 0. The molecule has 2 heterocycles. The number of hydrogen-bond acceptors (Lipinski definition) is 6. The molecule has 3 N–H and O–H groups in total. The van der Waals surface area contributed by atoms with Gasteiger partial charge in [-0.3, -0.25) is 19.8 Å². The van der Waals surface area contributed by atoms with Gasteiger partial charge < -0.3 is 10.3 Å². The van der Waals surface area contributed by atoms with Crippen molar-refractivity contribution in [3.63, 3.8) is 0 Å². The van der Waals surface area contributed by atoms with E-state index in [4.69, 9.17) is 0 Å². The summed E-state index contributed by atoms with van der Waals surface area (Å²) >= 11 is 0.982. The van der Waals surface area contributed by atoms with Crippen LogP contribution >= 0.6 is 11.8 Å². The van der Waals surface area contributed by atoms with Crippen molar-refractivity contribution in [1.29, 1.82) is 0 Å². The highest BCUT2D eigenvalue weighted by atomic mass is 32.2. The molecule has 1 aromatic heterocycles. The van der Waals surface area contributed by atoms with E-state index < -0.39 is 23.4 Å². The summed E-state index contributed by atoms with van der Waals surface area (Å²) in [7, 11) is 0. The van der Waals surface area contributed by atoms with Gasteiger partial charge in [0.15, 0.2) is 5.16 Å². The van der Waals surface area contributed by atoms with Gasteiger partial charge >= 0.3 is 6.03 Å². The van der Waals surface area contributed by atoms with Crippen molar-refractivity contribution in [2.45, 2.75) is 24.0 Å². The van der Waals surface area contributed by atoms with Crippen molar-refractivity contribution in [3.8, 4) is 0 Å². The van der Waals surface area contributed by atoms with Crippen LogP contribution in [0.3, 0.4) is 0 Å². The molecule has 1 aromatic carbocycles. The van der Waals surface area contributed by atoms with Gasteiger partial charge in [0.05, 0.1) is 5.75 Å². The Morgan fingerprint density at radius 3 is 2.63 bits per heavy atom. The molecule has 4 amide bonds. The summed E-state index contributed by atoms with van der Waals surface area (Å²) in [6, 6.07) is 9.42. The molecule has 9 nitrogen and oxygen atoms in total. The highest BCUT2D eigenvalue weighted by Crippen LogP contribution is 2.31. The van der Waals surface area contributed by atoms with Crippen LogP contribution in [0.4, 0.5) is 4.79 Å². The Morgan fingerprint density at radius 2 is 1.96 bits per heavy atom. The van der Waals surface area contributed by atoms with Crippen LogP contribution in [-0.4, -0.2) is 38.6 Å². The van der Waals surface area contributed by atoms with Crippen LogP contribution in [0, 0.1) is 0 Å². The summed E-state index contributed by atoms with van der Waals surface area (Å²) in [5.41, 5.74) is 1.40. The number of aromatic amines is 1. The number of hydrazine groups is 1. The van der Waals surface area contributed by atoms with E-state index in [0.29, 0.717) is 17.0 Å². The lowest BCUT2D eigenvalue weighted by molar-refractivity contribution is -0.138. The van der Waals surface area contributed by atoms with Crippen LogP contribution < -0.4 is 16.3 Å². The quantitative estimate of drug-likeness (QED) is 0.382. The molecule has 1 aliphatic rings. The van der Waals surface area contributed by atoms with Gasteiger partial charge in [0, 0.05) is 12.3 Å². The van der Waals surface area contributed by atoms with Gasteiger partial charge in [0.1, 0.15) is 5.54 Å². The summed E-state index contributed by atoms with van der Waals surface area (Å²) in [6.07, 6.45) is 1.66. The smallest absolute Gasteiger partial charge is 0.318 e. The lowest BCUT2D eigenvalue weighted by Crippen LogP contribution is -2.49. The zero-order chi connectivity index (χ0) is 19.4. The minimum absolute atomic E-state index is 0.130. The van der Waals surface area contributed by atoms with Crippen molar-refractivity contribution >= 4 is 29.6 Å². The number of aromatic nitrogens is 2. The Bertz CT molecular complexity index is 932. The predicted octanol–water partition coefficient (Wildman–Crippen LogP) is 0.750. The molecule has 0 radical (unpaired) electrons. The topological polar surface area (TPSA) is 124 Å². The zero-order valence-electron chi connectivity index (χ0n) is 14.4. The van der Waals surface area contributed by atoms with E-state index in [1.54, 1.807) is 31.2 Å². The standard InChI is InChI=1S/C17H17N5O4S/c1-2-17(11-6-4-3-5-7-11)14(25)22(16(26)20-17)21-13(24)10-27-15-18-9-8-12(23)19-15/h3-9H,2,10H2,1H3,(H,20,26)(H,21,24)(H,18,19,23)/t17-/m0/s1. The first-order valence-corrected chi connectivity index (χ1v) is 9.14. The number of thioether (sulfide) groups is 1. The third kappa shape index (κ3) is 3.70. The molecule has 0 saturated carbocycles. The van der Waals surface area contributed by atoms with Crippen molar-refractivity contribution < 1.29 is 14.4 Å². The predicted molar refractivity (Wildman–Crippen MR) is 97.5 cm³/mol. The molecule has 0 unspecified atom stereocenters. The van der Waals surface area contributed by atoms with E-state index in [0.717, 1.165) is 11.8 Å². The van der Waals surface area contributed by atoms with Gasteiger partial charge in [0.25, 0.3) is 11.5 Å². The van der Waals surface area contributed by atoms with E-state index >= 15 is 0 Å². The van der Waals surface area contributed by atoms with Crippen LogP contribution in [0.2, 0.25) is 0 Å². The molecule has 1 fully saturated rings. The number of nitrogens with one attached hydrogen (secondary N) is 3. The Hall–Kier alpha value is -3.14. The average molecular weight is 387 g/mol. The second-order valence-corrected chi connectivity index (χ2v) is 6.72.